The van der Waals surface area contributed by atoms with Crippen LogP contribution < -0.4 is 15.4 Å². The van der Waals surface area contributed by atoms with Gasteiger partial charge >= 0.3 is 0 Å². The molecule has 0 spiro atoms. The Kier molecular flexibility index (Phi) is 6.37. The van der Waals surface area contributed by atoms with Gasteiger partial charge in [0.1, 0.15) is 18.5 Å². The minimum absolute atomic E-state index is 0.0896. The van der Waals surface area contributed by atoms with E-state index >= 15 is 0 Å². The van der Waals surface area contributed by atoms with Gasteiger partial charge in [-0.05, 0) is 36.6 Å². The van der Waals surface area contributed by atoms with Crippen LogP contribution in [0.1, 0.15) is 60.6 Å². The number of nitrogens with one attached hydrogen (secondary N) is 3. The van der Waals surface area contributed by atoms with Crippen molar-refractivity contribution in [3.8, 4) is 5.75 Å². The number of guanidine groups is 1. The van der Waals surface area contributed by atoms with Crippen LogP contribution in [-0.4, -0.2) is 46.0 Å². The van der Waals surface area contributed by atoms with Crippen LogP contribution in [0.5, 0.6) is 5.75 Å². The van der Waals surface area contributed by atoms with Gasteiger partial charge in [0.15, 0.2) is 5.96 Å². The van der Waals surface area contributed by atoms with E-state index in [0.717, 1.165) is 24.0 Å². The summed E-state index contributed by atoms with van der Waals surface area (Å²) in [6.07, 6.45) is 1.01. The van der Waals surface area contributed by atoms with E-state index in [1.165, 1.54) is 4.90 Å². The average molecular weight is 451 g/mol. The van der Waals surface area contributed by atoms with E-state index < -0.39 is 12.1 Å². The third kappa shape index (κ3) is 4.57. The van der Waals surface area contributed by atoms with E-state index in [9.17, 15) is 14.7 Å². The molecule has 2 atom stereocenters. The molecule has 2 amide bonds. The lowest BCUT2D eigenvalue weighted by Gasteiger charge is -2.42. The van der Waals surface area contributed by atoms with Gasteiger partial charge in [-0.3, -0.25) is 19.9 Å². The highest BCUT2D eigenvalue weighted by Gasteiger charge is 2.39. The predicted octanol–water partition coefficient (Wildman–Crippen LogP) is 2.73. The second-order valence-electron chi connectivity index (χ2n) is 8.69. The van der Waals surface area contributed by atoms with Crippen LogP contribution in [0.4, 0.5) is 0 Å². The van der Waals surface area contributed by atoms with Crippen LogP contribution in [0.25, 0.3) is 0 Å². The van der Waals surface area contributed by atoms with E-state index in [-0.39, 0.29) is 36.5 Å². The molecule has 0 unspecified atom stereocenters. The highest BCUT2D eigenvalue weighted by atomic mass is 16.5. The number of hydrogen-bond acceptors (Lipinski definition) is 5. The molecule has 4 rings (SSSR count). The van der Waals surface area contributed by atoms with Crippen molar-refractivity contribution in [1.82, 2.24) is 15.5 Å². The van der Waals surface area contributed by atoms with Gasteiger partial charge in [0.05, 0.1) is 19.0 Å². The minimum atomic E-state index is -0.859. The summed E-state index contributed by atoms with van der Waals surface area (Å²) in [7, 11) is 0. The van der Waals surface area contributed by atoms with Gasteiger partial charge in [0, 0.05) is 16.7 Å². The summed E-state index contributed by atoms with van der Waals surface area (Å²) < 4.78 is 5.54. The first-order valence-electron chi connectivity index (χ1n) is 11.3. The number of carbonyl (C=O) groups excluding carboxylic acids is 2. The van der Waals surface area contributed by atoms with E-state index in [2.05, 4.69) is 10.6 Å². The highest BCUT2D eigenvalue weighted by molar-refractivity contribution is 5.99. The van der Waals surface area contributed by atoms with Gasteiger partial charge in [-0.15, -0.1) is 0 Å². The molecular weight excluding hydrogens is 420 g/mol. The van der Waals surface area contributed by atoms with Crippen LogP contribution in [0.2, 0.25) is 0 Å². The van der Waals surface area contributed by atoms with Crippen LogP contribution in [0, 0.1) is 5.41 Å². The summed E-state index contributed by atoms with van der Waals surface area (Å²) in [5.74, 6) is 0.310. The largest absolute Gasteiger partial charge is 0.490 e. The van der Waals surface area contributed by atoms with Crippen LogP contribution in [0.3, 0.4) is 0 Å². The molecule has 0 aromatic heterocycles. The maximum Gasteiger partial charge on any atom is 0.251 e. The Morgan fingerprint density at radius 1 is 1.24 bits per heavy atom. The molecule has 2 aromatic rings. The molecule has 0 aliphatic carbocycles. The van der Waals surface area contributed by atoms with Crippen molar-refractivity contribution < 1.29 is 19.4 Å². The number of benzene rings is 2. The van der Waals surface area contributed by atoms with Crippen molar-refractivity contribution in [2.75, 3.05) is 6.61 Å². The quantitative estimate of drug-likeness (QED) is 0.540. The van der Waals surface area contributed by atoms with Crippen molar-refractivity contribution in [1.29, 1.82) is 5.41 Å². The SMILES string of the molecule is CCC1(CC)CC(=O)N(Cc2cccc(C(=O)N[C@@H]3c4ccccc4OC[C@@H]3O)c2)C(=N)N1. The number of rotatable bonds is 6. The summed E-state index contributed by atoms with van der Waals surface area (Å²) in [4.78, 5) is 27.2. The summed E-state index contributed by atoms with van der Waals surface area (Å²) in [6.45, 7) is 4.34. The summed E-state index contributed by atoms with van der Waals surface area (Å²) in [5, 5.41) is 24.9. The molecule has 0 bridgehead atoms. The Bertz CT molecular complexity index is 1050. The van der Waals surface area contributed by atoms with Gasteiger partial charge in [0.25, 0.3) is 5.91 Å². The van der Waals surface area contributed by atoms with Crippen LogP contribution in [-0.2, 0) is 11.3 Å². The Hall–Kier alpha value is -3.39. The number of aliphatic hydroxyl groups excluding tert-OH is 1. The van der Waals surface area contributed by atoms with Gasteiger partial charge in [-0.25, -0.2) is 0 Å². The molecule has 1 fully saturated rings. The number of nitrogens with zero attached hydrogens (tertiary/aromatic N) is 1. The van der Waals surface area contributed by atoms with E-state index in [1.807, 2.05) is 44.2 Å². The number of para-hydroxylation sites is 1. The van der Waals surface area contributed by atoms with Crippen LogP contribution in [0.15, 0.2) is 48.5 Å². The smallest absolute Gasteiger partial charge is 0.251 e. The molecule has 2 heterocycles. The second-order valence-corrected chi connectivity index (χ2v) is 8.69. The van der Waals surface area contributed by atoms with E-state index in [1.54, 1.807) is 18.2 Å². The van der Waals surface area contributed by atoms with Gasteiger partial charge in [-0.1, -0.05) is 44.2 Å². The Morgan fingerprint density at radius 3 is 2.73 bits per heavy atom. The number of ether oxygens (including phenoxy) is 1. The number of hydrogen-bond donors (Lipinski definition) is 4. The highest BCUT2D eigenvalue weighted by Crippen LogP contribution is 2.32. The molecule has 0 saturated carbocycles. The number of fused-ring (bicyclic) bond motifs is 1. The molecular formula is C25H30N4O4. The predicted molar refractivity (Wildman–Crippen MR) is 124 cm³/mol. The Labute approximate surface area is 193 Å². The molecule has 4 N–H and O–H groups in total. The zero-order valence-corrected chi connectivity index (χ0v) is 18.9. The maximum absolute atomic E-state index is 13.0. The number of carbonyl (C=O) groups is 2. The first-order chi connectivity index (χ1) is 15.9. The van der Waals surface area contributed by atoms with Crippen LogP contribution >= 0.6 is 0 Å². The normalized spacial score (nSPS) is 21.6. The maximum atomic E-state index is 13.0. The Morgan fingerprint density at radius 2 is 2.00 bits per heavy atom. The van der Waals surface area contributed by atoms with Gasteiger partial charge < -0.3 is 20.5 Å². The molecule has 2 aliphatic heterocycles. The minimum Gasteiger partial charge on any atom is -0.490 e. The van der Waals surface area contributed by atoms with E-state index in [4.69, 9.17) is 10.1 Å². The summed E-state index contributed by atoms with van der Waals surface area (Å²) >= 11 is 0. The third-order valence-corrected chi connectivity index (χ3v) is 6.66. The third-order valence-electron chi connectivity index (χ3n) is 6.66. The van der Waals surface area contributed by atoms with Gasteiger partial charge in [0.2, 0.25) is 5.91 Å². The fourth-order valence-corrected chi connectivity index (χ4v) is 4.46. The molecule has 8 nitrogen and oxygen atoms in total. The molecule has 2 aromatic carbocycles. The molecule has 174 valence electrons. The van der Waals surface area contributed by atoms with Crippen molar-refractivity contribution in [2.24, 2.45) is 0 Å². The van der Waals surface area contributed by atoms with Gasteiger partial charge in [-0.2, -0.15) is 0 Å². The lowest BCUT2D eigenvalue weighted by Crippen LogP contribution is -2.61. The fraction of sp³-hybridized carbons (Fsp3) is 0.400. The van der Waals surface area contributed by atoms with E-state index in [0.29, 0.717) is 17.7 Å². The Balaban J connectivity index is 1.48. The second kappa shape index (κ2) is 9.23. The average Bonchev–Trinajstić information content (AvgIpc) is 2.83. The lowest BCUT2D eigenvalue weighted by molar-refractivity contribution is -0.131. The fourth-order valence-electron chi connectivity index (χ4n) is 4.46. The monoisotopic (exact) mass is 450 g/mol. The lowest BCUT2D eigenvalue weighted by atomic mass is 9.87. The standard InChI is InChI=1S/C25H30N4O4/c1-3-25(4-2)13-21(31)29(24(26)28-25)14-16-8-7-9-17(12-16)23(32)27-22-18-10-5-6-11-20(18)33-15-19(22)30/h5-12,19,22,30H,3-4,13-15H2,1-2H3,(H2,26,28)(H,27,32)/t19-,22+/m0/s1. The summed E-state index contributed by atoms with van der Waals surface area (Å²) in [6, 6.07) is 13.7. The number of aliphatic hydroxyl groups is 1. The van der Waals surface area contributed by atoms with Crippen molar-refractivity contribution in [3.05, 3.63) is 65.2 Å². The summed E-state index contributed by atoms with van der Waals surface area (Å²) in [5.41, 5.74) is 1.53. The van der Waals surface area contributed by atoms with Crippen molar-refractivity contribution in [2.45, 2.75) is 57.3 Å². The topological polar surface area (TPSA) is 115 Å². The van der Waals surface area contributed by atoms with Crippen molar-refractivity contribution in [3.63, 3.8) is 0 Å². The molecule has 1 saturated heterocycles. The van der Waals surface area contributed by atoms with Crippen molar-refractivity contribution >= 4 is 17.8 Å². The molecule has 33 heavy (non-hydrogen) atoms. The molecule has 0 radical (unpaired) electrons. The first-order valence-corrected chi connectivity index (χ1v) is 11.3. The number of amides is 2. The molecule has 2 aliphatic rings. The zero-order chi connectivity index (χ0) is 23.6. The zero-order valence-electron chi connectivity index (χ0n) is 18.9. The molecule has 8 heteroatoms. The first kappa shape index (κ1) is 22.8.